The Labute approximate surface area is 184 Å². The van der Waals surface area contributed by atoms with Crippen LogP contribution in [0.15, 0.2) is 41.2 Å². The number of benzene rings is 1. The van der Waals surface area contributed by atoms with Crippen LogP contribution in [-0.2, 0) is 6.54 Å². The van der Waals surface area contributed by atoms with E-state index in [-0.39, 0.29) is 6.54 Å². The number of rotatable bonds is 4. The summed E-state index contributed by atoms with van der Waals surface area (Å²) in [5, 5.41) is 13.6. The van der Waals surface area contributed by atoms with Crippen molar-refractivity contribution in [2.45, 2.75) is 58.2 Å². The number of aromatic nitrogens is 3. The molecule has 0 aliphatic heterocycles. The molecule has 0 bridgehead atoms. The van der Waals surface area contributed by atoms with Crippen molar-refractivity contribution < 1.29 is 18.4 Å². The van der Waals surface area contributed by atoms with Gasteiger partial charge in [0.1, 0.15) is 11.4 Å². The first kappa shape index (κ1) is 20.7. The van der Waals surface area contributed by atoms with Crippen LogP contribution < -0.4 is 0 Å². The van der Waals surface area contributed by atoms with Crippen molar-refractivity contribution in [1.29, 1.82) is 0 Å². The second-order valence-electron chi connectivity index (χ2n) is 8.84. The number of pyridine rings is 1. The Hall–Kier alpha value is -3.22. The van der Waals surface area contributed by atoms with Crippen molar-refractivity contribution in [2.24, 2.45) is 0 Å². The molecule has 5 nitrogen and oxygen atoms in total. The summed E-state index contributed by atoms with van der Waals surface area (Å²) in [5.74, 6) is -0.419. The van der Waals surface area contributed by atoms with Gasteiger partial charge in [-0.3, -0.25) is 4.98 Å². The normalized spacial score (nSPS) is 16.0. The first-order valence-electron chi connectivity index (χ1n) is 10.9. The minimum atomic E-state index is -1.28. The third-order valence-corrected chi connectivity index (χ3v) is 6.50. The highest BCUT2D eigenvalue weighted by atomic mass is 19.1. The fourth-order valence-corrected chi connectivity index (χ4v) is 4.86. The van der Waals surface area contributed by atoms with E-state index in [1.165, 1.54) is 12.1 Å². The summed E-state index contributed by atoms with van der Waals surface area (Å²) in [6.07, 6.45) is 7.48. The van der Waals surface area contributed by atoms with Gasteiger partial charge in [-0.25, -0.2) is 8.78 Å². The lowest BCUT2D eigenvalue weighted by atomic mass is 9.86. The summed E-state index contributed by atoms with van der Waals surface area (Å²) >= 11 is 0. The predicted molar refractivity (Wildman–Crippen MR) is 119 cm³/mol. The van der Waals surface area contributed by atoms with E-state index in [1.54, 1.807) is 12.3 Å². The highest BCUT2D eigenvalue weighted by molar-refractivity contribution is 5.95. The summed E-state index contributed by atoms with van der Waals surface area (Å²) in [6, 6.07) is 6.22. The molecule has 1 saturated carbocycles. The van der Waals surface area contributed by atoms with Crippen molar-refractivity contribution >= 4 is 11.0 Å². The molecule has 166 valence electrons. The fraction of sp³-hybridized carbons (Fsp3) is 0.360. The number of hydrogen-bond acceptors (Lipinski definition) is 4. The molecule has 1 N–H and O–H groups in total. The maximum absolute atomic E-state index is 15.7. The number of alkyl halides is 1. The van der Waals surface area contributed by atoms with Crippen LogP contribution in [0.4, 0.5) is 8.78 Å². The number of halogens is 2. The molecule has 1 aliphatic carbocycles. The van der Waals surface area contributed by atoms with Crippen molar-refractivity contribution in [3.8, 4) is 28.0 Å². The van der Waals surface area contributed by atoms with Gasteiger partial charge in [0.25, 0.3) is 0 Å². The zero-order chi connectivity index (χ0) is 22.5. The van der Waals surface area contributed by atoms with Crippen LogP contribution in [0.1, 0.15) is 43.6 Å². The molecule has 0 spiro atoms. The highest BCUT2D eigenvalue weighted by Gasteiger charge is 2.33. The summed E-state index contributed by atoms with van der Waals surface area (Å²) < 4.78 is 37.0. The van der Waals surface area contributed by atoms with Gasteiger partial charge in [-0.05, 0) is 50.5 Å². The van der Waals surface area contributed by atoms with Gasteiger partial charge in [-0.1, -0.05) is 30.5 Å². The Morgan fingerprint density at radius 2 is 1.91 bits per heavy atom. The molecule has 7 heteroatoms. The van der Waals surface area contributed by atoms with E-state index in [9.17, 15) is 9.50 Å². The Balaban J connectivity index is 1.68. The summed E-state index contributed by atoms with van der Waals surface area (Å²) in [5.41, 5.74) is 3.91. The molecular formula is C25H25F2N3O2. The quantitative estimate of drug-likeness (QED) is 0.396. The lowest BCUT2D eigenvalue weighted by Crippen LogP contribution is -2.31. The van der Waals surface area contributed by atoms with Gasteiger partial charge >= 0.3 is 0 Å². The molecule has 0 unspecified atom stereocenters. The Morgan fingerprint density at radius 1 is 1.12 bits per heavy atom. The molecule has 32 heavy (non-hydrogen) atoms. The average Bonchev–Trinajstić information content (AvgIpc) is 3.29. The number of aromatic hydroxyl groups is 1. The molecule has 1 aromatic carbocycles. The molecule has 0 amide bonds. The number of nitrogens with zero attached hydrogens (tertiary/aromatic N) is 3. The number of hydrogen-bond donors (Lipinski definition) is 1. The van der Waals surface area contributed by atoms with Gasteiger partial charge in [0, 0.05) is 29.1 Å². The van der Waals surface area contributed by atoms with E-state index in [4.69, 9.17) is 4.52 Å². The van der Waals surface area contributed by atoms with E-state index in [0.717, 1.165) is 41.6 Å². The lowest BCUT2D eigenvalue weighted by molar-refractivity contribution is 0.0873. The van der Waals surface area contributed by atoms with Crippen LogP contribution in [0, 0.1) is 19.7 Å². The number of aryl methyl sites for hydroxylation is 2. The molecule has 1 aliphatic rings. The standard InChI is InChI=1S/C25H25F2N3O2/c1-15-23(16(2)32-29-15)18-11-21-24(28-12-18)19(17-6-7-22(31)20(26)10-17)13-30(21)14-25(27)8-4-3-5-9-25/h6-7,10-13,31H,3-5,8-9,14H2,1-2H3. The Bertz CT molecular complexity index is 1280. The monoisotopic (exact) mass is 437 g/mol. The first-order chi connectivity index (χ1) is 15.3. The highest BCUT2D eigenvalue weighted by Crippen LogP contribution is 2.38. The van der Waals surface area contributed by atoms with Crippen molar-refractivity contribution in [3.05, 3.63) is 53.9 Å². The molecule has 0 saturated heterocycles. The molecule has 0 atom stereocenters. The summed E-state index contributed by atoms with van der Waals surface area (Å²) in [7, 11) is 0. The maximum atomic E-state index is 15.7. The van der Waals surface area contributed by atoms with E-state index < -0.39 is 17.2 Å². The summed E-state index contributed by atoms with van der Waals surface area (Å²) in [6.45, 7) is 3.94. The predicted octanol–water partition coefficient (Wildman–Crippen LogP) is 6.49. The molecule has 3 aromatic heterocycles. The largest absolute Gasteiger partial charge is 0.505 e. The third kappa shape index (κ3) is 3.55. The van der Waals surface area contributed by atoms with Gasteiger partial charge in [-0.15, -0.1) is 0 Å². The Kier molecular flexibility index (Phi) is 4.99. The minimum Gasteiger partial charge on any atom is -0.505 e. The number of phenolic OH excluding ortho intramolecular Hbond substituents is 1. The molecule has 5 rings (SSSR count). The van der Waals surface area contributed by atoms with Gasteiger partial charge < -0.3 is 14.2 Å². The number of fused-ring (bicyclic) bond motifs is 1. The van der Waals surface area contributed by atoms with E-state index in [2.05, 4.69) is 10.1 Å². The SMILES string of the molecule is Cc1noc(C)c1-c1cnc2c(-c3ccc(O)c(F)c3)cn(CC3(F)CCCCC3)c2c1. The Morgan fingerprint density at radius 3 is 2.59 bits per heavy atom. The van der Waals surface area contributed by atoms with Crippen LogP contribution in [0.3, 0.4) is 0 Å². The smallest absolute Gasteiger partial charge is 0.165 e. The molecular weight excluding hydrogens is 412 g/mol. The first-order valence-corrected chi connectivity index (χ1v) is 10.9. The van der Waals surface area contributed by atoms with Crippen molar-refractivity contribution in [1.82, 2.24) is 14.7 Å². The van der Waals surface area contributed by atoms with Gasteiger partial charge in [0.15, 0.2) is 11.6 Å². The topological polar surface area (TPSA) is 64.1 Å². The third-order valence-electron chi connectivity index (χ3n) is 6.50. The fourth-order valence-electron chi connectivity index (χ4n) is 4.86. The summed E-state index contributed by atoms with van der Waals surface area (Å²) in [4.78, 5) is 4.69. The molecule has 0 radical (unpaired) electrons. The van der Waals surface area contributed by atoms with Crippen molar-refractivity contribution in [3.63, 3.8) is 0 Å². The van der Waals surface area contributed by atoms with Crippen molar-refractivity contribution in [2.75, 3.05) is 0 Å². The van der Waals surface area contributed by atoms with Crippen LogP contribution >= 0.6 is 0 Å². The zero-order valence-electron chi connectivity index (χ0n) is 18.2. The van der Waals surface area contributed by atoms with Crippen LogP contribution in [-0.4, -0.2) is 25.5 Å². The minimum absolute atomic E-state index is 0.219. The van der Waals surface area contributed by atoms with Gasteiger partial charge in [-0.2, -0.15) is 0 Å². The van der Waals surface area contributed by atoms with Crippen LogP contribution in [0.25, 0.3) is 33.3 Å². The molecule has 3 heterocycles. The lowest BCUT2D eigenvalue weighted by Gasteiger charge is -2.30. The number of phenols is 1. The zero-order valence-corrected chi connectivity index (χ0v) is 18.2. The van der Waals surface area contributed by atoms with Crippen LogP contribution in [0.5, 0.6) is 5.75 Å². The average molecular weight is 437 g/mol. The van der Waals surface area contributed by atoms with E-state index >= 15 is 4.39 Å². The van der Waals surface area contributed by atoms with E-state index in [1.807, 2.05) is 30.7 Å². The van der Waals surface area contributed by atoms with Crippen LogP contribution in [0.2, 0.25) is 0 Å². The van der Waals surface area contributed by atoms with Gasteiger partial charge in [0.2, 0.25) is 0 Å². The van der Waals surface area contributed by atoms with E-state index in [0.29, 0.717) is 35.2 Å². The second kappa shape index (κ2) is 7.73. The van der Waals surface area contributed by atoms with Gasteiger partial charge in [0.05, 0.1) is 23.3 Å². The molecule has 1 fully saturated rings. The molecule has 4 aromatic rings. The maximum Gasteiger partial charge on any atom is 0.165 e. The second-order valence-corrected chi connectivity index (χ2v) is 8.84.